The van der Waals surface area contributed by atoms with E-state index in [0.29, 0.717) is 6.29 Å². The van der Waals surface area contributed by atoms with Crippen molar-refractivity contribution in [3.63, 3.8) is 0 Å². The molecule has 0 saturated carbocycles. The zero-order valence-corrected chi connectivity index (χ0v) is 12.8. The Balaban J connectivity index is 2.86. The molecule has 0 aromatic carbocycles. The largest absolute Gasteiger partial charge is 0.444 e. The van der Waals surface area contributed by atoms with Crippen molar-refractivity contribution in [1.29, 1.82) is 0 Å². The van der Waals surface area contributed by atoms with Crippen LogP contribution in [-0.2, 0) is 24.2 Å². The van der Waals surface area contributed by atoms with E-state index in [1.165, 1.54) is 4.90 Å². The Morgan fingerprint density at radius 1 is 1.30 bits per heavy atom. The Bertz CT molecular complexity index is 525. The fraction of sp³-hybridized carbons (Fsp3) is 0.750. The molecule has 0 aromatic heterocycles. The summed E-state index contributed by atoms with van der Waals surface area (Å²) in [7, 11) is -4.09. The van der Waals surface area contributed by atoms with E-state index in [0.717, 1.165) is 6.92 Å². The van der Waals surface area contributed by atoms with Gasteiger partial charge in [0, 0.05) is 26.4 Å². The molecule has 1 heterocycles. The van der Waals surface area contributed by atoms with Crippen LogP contribution in [-0.4, -0.2) is 54.2 Å². The van der Waals surface area contributed by atoms with Crippen molar-refractivity contribution in [2.75, 3.05) is 13.1 Å². The van der Waals surface area contributed by atoms with E-state index in [1.807, 2.05) is 0 Å². The molecule has 0 unspecified atom stereocenters. The number of aldehydes is 1. The van der Waals surface area contributed by atoms with E-state index >= 15 is 0 Å². The average Bonchev–Trinajstić information content (AvgIpc) is 2.19. The van der Waals surface area contributed by atoms with Crippen LogP contribution in [0.2, 0.25) is 0 Å². The number of amides is 1. The third-order valence-electron chi connectivity index (χ3n) is 3.01. The molecular weight excluding hydrogens is 286 g/mol. The number of carbonyl (C=O) groups is 3. The molecule has 1 saturated heterocycles. The van der Waals surface area contributed by atoms with E-state index < -0.39 is 31.4 Å². The molecule has 20 heavy (non-hydrogen) atoms. The standard InChI is InChI=1S/C12H19NO6S/c1-9(15)20(17,18)12(5-6-14)7-13(8-12)10(16)19-11(2,3)4/h6H,5,7-8H2,1-4H3. The lowest BCUT2D eigenvalue weighted by molar-refractivity contribution is -0.110. The van der Waals surface area contributed by atoms with Gasteiger partial charge < -0.3 is 14.4 Å². The Labute approximate surface area is 118 Å². The average molecular weight is 305 g/mol. The number of likely N-dealkylation sites (tertiary alicyclic amines) is 1. The third kappa shape index (κ3) is 3.00. The predicted molar refractivity (Wildman–Crippen MR) is 70.8 cm³/mol. The molecule has 0 spiro atoms. The van der Waals surface area contributed by atoms with Crippen LogP contribution < -0.4 is 0 Å². The highest BCUT2D eigenvalue weighted by atomic mass is 32.2. The van der Waals surface area contributed by atoms with Gasteiger partial charge in [-0.05, 0) is 20.8 Å². The fourth-order valence-corrected chi connectivity index (χ4v) is 3.52. The molecule has 8 heteroatoms. The molecule has 1 amide bonds. The van der Waals surface area contributed by atoms with Crippen molar-refractivity contribution in [3.8, 4) is 0 Å². The van der Waals surface area contributed by atoms with Crippen molar-refractivity contribution in [3.05, 3.63) is 0 Å². The normalized spacial score (nSPS) is 18.1. The molecule has 0 atom stereocenters. The van der Waals surface area contributed by atoms with Crippen LogP contribution in [0.4, 0.5) is 4.79 Å². The number of rotatable bonds is 3. The minimum Gasteiger partial charge on any atom is -0.444 e. The molecular formula is C12H19NO6S. The zero-order valence-electron chi connectivity index (χ0n) is 12.0. The second-order valence-electron chi connectivity index (χ2n) is 5.89. The molecule has 0 aliphatic carbocycles. The lowest BCUT2D eigenvalue weighted by Crippen LogP contribution is -2.68. The van der Waals surface area contributed by atoms with Crippen molar-refractivity contribution in [2.24, 2.45) is 0 Å². The summed E-state index contributed by atoms with van der Waals surface area (Å²) in [5.74, 6) is 0. The first-order chi connectivity index (χ1) is 8.95. The summed E-state index contributed by atoms with van der Waals surface area (Å²) < 4.78 is 27.6. The highest BCUT2D eigenvalue weighted by Gasteiger charge is 2.57. The summed E-state index contributed by atoms with van der Waals surface area (Å²) in [6.45, 7) is 5.60. The quantitative estimate of drug-likeness (QED) is 0.705. The third-order valence-corrected chi connectivity index (χ3v) is 5.34. The second-order valence-corrected chi connectivity index (χ2v) is 8.33. The second kappa shape index (κ2) is 5.16. The van der Waals surface area contributed by atoms with Crippen LogP contribution in [0.3, 0.4) is 0 Å². The summed E-state index contributed by atoms with van der Waals surface area (Å²) in [5.41, 5.74) is -0.695. The Morgan fingerprint density at radius 3 is 2.15 bits per heavy atom. The topological polar surface area (TPSA) is 97.8 Å². The molecule has 114 valence electrons. The summed E-state index contributed by atoms with van der Waals surface area (Å²) in [6.07, 6.45) is -0.515. The van der Waals surface area contributed by atoms with E-state index in [4.69, 9.17) is 4.74 Å². The smallest absolute Gasteiger partial charge is 0.410 e. The maximum absolute atomic E-state index is 12.0. The zero-order chi connectivity index (χ0) is 15.8. The maximum atomic E-state index is 12.0. The van der Waals surface area contributed by atoms with Crippen LogP contribution in [0, 0.1) is 0 Å². The number of hydrogen-bond donors (Lipinski definition) is 0. The number of nitrogens with zero attached hydrogens (tertiary/aromatic N) is 1. The van der Waals surface area contributed by atoms with E-state index in [-0.39, 0.29) is 19.5 Å². The first-order valence-electron chi connectivity index (χ1n) is 6.12. The van der Waals surface area contributed by atoms with Gasteiger partial charge >= 0.3 is 6.09 Å². The fourth-order valence-electron chi connectivity index (χ4n) is 1.97. The summed E-state index contributed by atoms with van der Waals surface area (Å²) in [4.78, 5) is 34.9. The molecule has 1 fully saturated rings. The van der Waals surface area contributed by atoms with Crippen LogP contribution >= 0.6 is 0 Å². The molecule has 1 rings (SSSR count). The number of sulfone groups is 1. The van der Waals surface area contributed by atoms with Crippen LogP contribution in [0.5, 0.6) is 0 Å². The van der Waals surface area contributed by atoms with Crippen molar-refractivity contribution in [1.82, 2.24) is 4.90 Å². The molecule has 1 aliphatic rings. The molecule has 0 N–H and O–H groups in total. The van der Waals surface area contributed by atoms with Gasteiger partial charge in [-0.3, -0.25) is 4.79 Å². The number of ether oxygens (including phenoxy) is 1. The maximum Gasteiger partial charge on any atom is 0.410 e. The van der Waals surface area contributed by atoms with E-state index in [1.54, 1.807) is 20.8 Å². The molecule has 7 nitrogen and oxygen atoms in total. The molecule has 0 aromatic rings. The van der Waals surface area contributed by atoms with E-state index in [9.17, 15) is 22.8 Å². The van der Waals surface area contributed by atoms with Crippen LogP contribution in [0.25, 0.3) is 0 Å². The highest BCUT2D eigenvalue weighted by molar-refractivity contribution is 8.07. The lowest BCUT2D eigenvalue weighted by atomic mass is 9.96. The lowest BCUT2D eigenvalue weighted by Gasteiger charge is -2.47. The van der Waals surface area contributed by atoms with Gasteiger partial charge in [0.15, 0.2) is 0 Å². The van der Waals surface area contributed by atoms with Gasteiger partial charge in [-0.25, -0.2) is 13.2 Å². The summed E-state index contributed by atoms with van der Waals surface area (Å²) in [6, 6.07) is 0. The first kappa shape index (κ1) is 16.6. The van der Waals surface area contributed by atoms with E-state index in [2.05, 4.69) is 0 Å². The molecule has 1 aliphatic heterocycles. The highest BCUT2D eigenvalue weighted by Crippen LogP contribution is 2.34. The van der Waals surface area contributed by atoms with Gasteiger partial charge in [0.2, 0.25) is 15.0 Å². The molecule has 0 bridgehead atoms. The Kier molecular flexibility index (Phi) is 4.28. The Hall–Kier alpha value is -1.44. The minimum atomic E-state index is -4.09. The molecule has 0 radical (unpaired) electrons. The summed E-state index contributed by atoms with van der Waals surface area (Å²) >= 11 is 0. The monoisotopic (exact) mass is 305 g/mol. The van der Waals surface area contributed by atoms with Gasteiger partial charge in [0.05, 0.1) is 0 Å². The summed E-state index contributed by atoms with van der Waals surface area (Å²) in [5, 5.41) is -0.997. The van der Waals surface area contributed by atoms with Gasteiger partial charge in [-0.2, -0.15) is 0 Å². The predicted octanol–water partition coefficient (Wildman–Crippen LogP) is 0.526. The first-order valence-corrected chi connectivity index (χ1v) is 7.60. The van der Waals surface area contributed by atoms with Gasteiger partial charge in [0.25, 0.3) is 0 Å². The van der Waals surface area contributed by atoms with Gasteiger partial charge in [0.1, 0.15) is 16.6 Å². The van der Waals surface area contributed by atoms with Crippen LogP contribution in [0.15, 0.2) is 0 Å². The number of hydrogen-bond acceptors (Lipinski definition) is 6. The van der Waals surface area contributed by atoms with Crippen LogP contribution in [0.1, 0.15) is 34.1 Å². The minimum absolute atomic E-state index is 0.206. The Morgan fingerprint density at radius 2 is 1.80 bits per heavy atom. The van der Waals surface area contributed by atoms with Crippen molar-refractivity contribution in [2.45, 2.75) is 44.5 Å². The van der Waals surface area contributed by atoms with Gasteiger partial charge in [-0.1, -0.05) is 0 Å². The van der Waals surface area contributed by atoms with Crippen molar-refractivity contribution >= 4 is 27.3 Å². The SMILES string of the molecule is CC(=O)S(=O)(=O)C1(CC=O)CN(C(=O)OC(C)(C)C)C1. The van der Waals surface area contributed by atoms with Crippen molar-refractivity contribution < 1.29 is 27.5 Å². The van der Waals surface area contributed by atoms with Gasteiger partial charge in [-0.15, -0.1) is 0 Å². The number of carbonyl (C=O) groups excluding carboxylic acids is 3.